The first kappa shape index (κ1) is 27.3. The fourth-order valence-corrected chi connectivity index (χ4v) is 6.38. The van der Waals surface area contributed by atoms with Crippen molar-refractivity contribution in [2.75, 3.05) is 31.9 Å². The van der Waals surface area contributed by atoms with E-state index in [2.05, 4.69) is 20.9 Å². The Kier molecular flexibility index (Phi) is 8.00. The van der Waals surface area contributed by atoms with Crippen molar-refractivity contribution in [3.8, 4) is 34.7 Å². The van der Waals surface area contributed by atoms with E-state index in [9.17, 15) is 18.8 Å². The molecule has 1 aliphatic carbocycles. The summed E-state index contributed by atoms with van der Waals surface area (Å²) in [5.41, 5.74) is 4.07. The summed E-state index contributed by atoms with van der Waals surface area (Å²) in [7, 11) is -3.43. The fourth-order valence-electron chi connectivity index (χ4n) is 5.28. The van der Waals surface area contributed by atoms with Gasteiger partial charge >= 0.3 is 0 Å². The third kappa shape index (κ3) is 6.31. The molecule has 2 atom stereocenters. The van der Waals surface area contributed by atoms with Crippen molar-refractivity contribution in [2.45, 2.75) is 51.2 Å². The number of β-amino-alcohol motifs (C(OH)–C–C–N with tert-alkyl or cyclic N) is 1. The number of hydrogen-bond acceptors (Lipinski definition) is 9. The van der Waals surface area contributed by atoms with Gasteiger partial charge < -0.3 is 14.4 Å². The Bertz CT molecular complexity index is 1480. The molecule has 0 unspecified atom stereocenters. The summed E-state index contributed by atoms with van der Waals surface area (Å²) in [5, 5.41) is 23.4. The zero-order chi connectivity index (χ0) is 27.6. The molecule has 0 saturated carbocycles. The van der Waals surface area contributed by atoms with Gasteiger partial charge in [-0.15, -0.1) is 0 Å². The lowest BCUT2D eigenvalue weighted by atomic mass is 9.98. The van der Waals surface area contributed by atoms with Gasteiger partial charge in [0.1, 0.15) is 11.8 Å². The smallest absolute Gasteiger partial charge is 0.258 e. The molecule has 0 spiro atoms. The molecule has 3 aromatic rings. The van der Waals surface area contributed by atoms with Crippen LogP contribution in [-0.2, 0) is 16.4 Å². The summed E-state index contributed by atoms with van der Waals surface area (Å²) in [4.78, 5) is 6.59. The van der Waals surface area contributed by atoms with Gasteiger partial charge in [-0.05, 0) is 68.4 Å². The predicted octanol–water partition coefficient (Wildman–Crippen LogP) is 3.08. The van der Waals surface area contributed by atoms with Crippen LogP contribution in [-0.4, -0.2) is 72.7 Å². The van der Waals surface area contributed by atoms with Crippen molar-refractivity contribution >= 4 is 10.0 Å². The van der Waals surface area contributed by atoms with E-state index in [-0.39, 0.29) is 23.9 Å². The van der Waals surface area contributed by atoms with Crippen LogP contribution >= 0.6 is 0 Å². The highest BCUT2D eigenvalue weighted by atomic mass is 32.2. The third-order valence-corrected chi connectivity index (χ3v) is 8.57. The van der Waals surface area contributed by atoms with Crippen LogP contribution < -0.4 is 9.46 Å². The van der Waals surface area contributed by atoms with Gasteiger partial charge in [-0.1, -0.05) is 23.4 Å². The topological polar surface area (TPSA) is 142 Å². The Morgan fingerprint density at radius 3 is 2.87 bits per heavy atom. The van der Waals surface area contributed by atoms with E-state index in [0.29, 0.717) is 54.6 Å². The number of nitrogens with zero attached hydrogens (tertiary/aromatic N) is 4. The van der Waals surface area contributed by atoms with Crippen LogP contribution in [0, 0.1) is 11.3 Å². The summed E-state index contributed by atoms with van der Waals surface area (Å²) >= 11 is 0. The molecular weight excluding hydrogens is 518 g/mol. The maximum absolute atomic E-state index is 12.6. The lowest BCUT2D eigenvalue weighted by molar-refractivity contribution is 0.178. The predicted molar refractivity (Wildman–Crippen MR) is 146 cm³/mol. The first-order valence-electron chi connectivity index (χ1n) is 13.3. The number of ether oxygens (including phenoxy) is 1. The number of nitrogens with one attached hydrogen (secondary N) is 1. The maximum Gasteiger partial charge on any atom is 0.258 e. The number of aliphatic hydroxyl groups is 1. The average Bonchev–Trinajstić information content (AvgIpc) is 3.66. The standard InChI is InChI=1S/C28H33N5O5S/c1-18(2)37-26-9-7-19(14-21(26)15-29)28-31-27(32-38-28)25-5-3-4-23-20(6-8-24(23)25)16-30-39(35,36)13-12-33-11-10-22(34)17-33/h3-5,7,9,14,18,20,22,30,34H,6,8,10-13,16-17H2,1-2H3/t20-,22+/m1/s1. The molecule has 1 fully saturated rings. The molecule has 0 radical (unpaired) electrons. The lowest BCUT2D eigenvalue weighted by Gasteiger charge is -2.17. The zero-order valence-corrected chi connectivity index (χ0v) is 22.9. The molecule has 10 nitrogen and oxygen atoms in total. The Balaban J connectivity index is 1.27. The Hall–Kier alpha value is -3.30. The van der Waals surface area contributed by atoms with E-state index in [1.165, 1.54) is 0 Å². The quantitative estimate of drug-likeness (QED) is 0.389. The van der Waals surface area contributed by atoms with Crippen LogP contribution in [0.2, 0.25) is 0 Å². The molecule has 2 heterocycles. The van der Waals surface area contributed by atoms with Crippen LogP contribution in [0.5, 0.6) is 5.75 Å². The molecule has 0 bridgehead atoms. The highest BCUT2D eigenvalue weighted by Crippen LogP contribution is 2.38. The zero-order valence-electron chi connectivity index (χ0n) is 22.1. The van der Waals surface area contributed by atoms with Gasteiger partial charge in [0.05, 0.1) is 23.5 Å². The average molecular weight is 552 g/mol. The second kappa shape index (κ2) is 11.4. The highest BCUT2D eigenvalue weighted by molar-refractivity contribution is 7.89. The number of sulfonamides is 1. The monoisotopic (exact) mass is 551 g/mol. The van der Waals surface area contributed by atoms with Crippen molar-refractivity contribution in [1.82, 2.24) is 19.8 Å². The molecule has 2 aromatic carbocycles. The fraction of sp³-hybridized carbons (Fsp3) is 0.464. The third-order valence-electron chi connectivity index (χ3n) is 7.24. The molecule has 206 valence electrons. The van der Waals surface area contributed by atoms with Gasteiger partial charge in [0, 0.05) is 37.3 Å². The minimum atomic E-state index is -3.43. The highest BCUT2D eigenvalue weighted by Gasteiger charge is 2.28. The minimum Gasteiger partial charge on any atom is -0.490 e. The Morgan fingerprint density at radius 2 is 2.13 bits per heavy atom. The molecule has 2 aliphatic rings. The van der Waals surface area contributed by atoms with Gasteiger partial charge in [-0.2, -0.15) is 10.2 Å². The Labute approximate surface area is 228 Å². The van der Waals surface area contributed by atoms with Gasteiger partial charge in [0.2, 0.25) is 15.8 Å². The molecule has 0 amide bonds. The van der Waals surface area contributed by atoms with Crippen molar-refractivity contribution in [1.29, 1.82) is 5.26 Å². The molecule has 11 heteroatoms. The second-order valence-corrected chi connectivity index (χ2v) is 12.4. The molecule has 5 rings (SSSR count). The number of fused-ring (bicyclic) bond motifs is 1. The van der Waals surface area contributed by atoms with Crippen LogP contribution in [0.4, 0.5) is 0 Å². The largest absolute Gasteiger partial charge is 0.490 e. The van der Waals surface area contributed by atoms with Crippen molar-refractivity contribution in [2.24, 2.45) is 0 Å². The van der Waals surface area contributed by atoms with Crippen LogP contribution in [0.25, 0.3) is 22.8 Å². The first-order valence-corrected chi connectivity index (χ1v) is 14.9. The Morgan fingerprint density at radius 1 is 1.28 bits per heavy atom. The van der Waals surface area contributed by atoms with E-state index in [1.54, 1.807) is 18.2 Å². The van der Waals surface area contributed by atoms with Crippen molar-refractivity contribution < 1.29 is 22.8 Å². The van der Waals surface area contributed by atoms with Crippen LogP contribution in [0.15, 0.2) is 40.9 Å². The van der Waals surface area contributed by atoms with Crippen molar-refractivity contribution in [3.05, 3.63) is 53.1 Å². The molecule has 2 N–H and O–H groups in total. The number of aromatic nitrogens is 2. The molecular formula is C28H33N5O5S. The molecule has 1 aromatic heterocycles. The SMILES string of the molecule is CC(C)Oc1ccc(-c2nc(-c3cccc4c3CC[C@@H]4CNS(=O)(=O)CCN3CC[C@H](O)C3)no2)cc1C#N. The van der Waals surface area contributed by atoms with E-state index in [1.807, 2.05) is 36.9 Å². The van der Waals surface area contributed by atoms with Gasteiger partial charge in [-0.25, -0.2) is 13.1 Å². The van der Waals surface area contributed by atoms with Gasteiger partial charge in [0.15, 0.2) is 0 Å². The first-order chi connectivity index (χ1) is 18.7. The summed E-state index contributed by atoms with van der Waals surface area (Å²) < 4.78 is 39.3. The van der Waals surface area contributed by atoms with Crippen molar-refractivity contribution in [3.63, 3.8) is 0 Å². The molecule has 39 heavy (non-hydrogen) atoms. The number of nitriles is 1. The lowest BCUT2D eigenvalue weighted by Crippen LogP contribution is -2.35. The number of hydrogen-bond donors (Lipinski definition) is 2. The normalized spacial score (nSPS) is 19.4. The summed E-state index contributed by atoms with van der Waals surface area (Å²) in [6.45, 7) is 5.81. The number of benzene rings is 2. The van der Waals surface area contributed by atoms with E-state index < -0.39 is 10.0 Å². The van der Waals surface area contributed by atoms with Gasteiger partial charge in [-0.3, -0.25) is 4.90 Å². The molecule has 1 saturated heterocycles. The number of aliphatic hydroxyl groups excluding tert-OH is 1. The second-order valence-electron chi connectivity index (χ2n) is 10.4. The maximum atomic E-state index is 12.6. The van der Waals surface area contributed by atoms with E-state index >= 15 is 0 Å². The number of likely N-dealkylation sites (tertiary alicyclic amines) is 1. The van der Waals surface area contributed by atoms with Gasteiger partial charge in [0.25, 0.3) is 5.89 Å². The van der Waals surface area contributed by atoms with E-state index in [4.69, 9.17) is 9.26 Å². The van der Waals surface area contributed by atoms with E-state index in [0.717, 1.165) is 36.1 Å². The van der Waals surface area contributed by atoms with Crippen LogP contribution in [0.3, 0.4) is 0 Å². The summed E-state index contributed by atoms with van der Waals surface area (Å²) in [5.74, 6) is 1.35. The number of rotatable bonds is 10. The minimum absolute atomic E-state index is 0.0169. The summed E-state index contributed by atoms with van der Waals surface area (Å²) in [6, 6.07) is 13.3. The molecule has 1 aliphatic heterocycles. The van der Waals surface area contributed by atoms with Crippen LogP contribution in [0.1, 0.15) is 49.3 Å². The summed E-state index contributed by atoms with van der Waals surface area (Å²) in [6.07, 6.45) is 1.88.